The van der Waals surface area contributed by atoms with E-state index in [1.54, 1.807) is 25.0 Å². The molecule has 8 nitrogen and oxygen atoms in total. The van der Waals surface area contributed by atoms with Crippen molar-refractivity contribution in [2.75, 3.05) is 26.8 Å². The van der Waals surface area contributed by atoms with Crippen LogP contribution in [0.25, 0.3) is 6.08 Å². The Bertz CT molecular complexity index is 929. The monoisotopic (exact) mass is 456 g/mol. The molecule has 2 amide bonds. The maximum absolute atomic E-state index is 13.2. The summed E-state index contributed by atoms with van der Waals surface area (Å²) in [5, 5.41) is 3.04. The van der Waals surface area contributed by atoms with E-state index in [0.29, 0.717) is 44.7 Å². The van der Waals surface area contributed by atoms with E-state index in [-0.39, 0.29) is 47.5 Å². The van der Waals surface area contributed by atoms with E-state index >= 15 is 0 Å². The third kappa shape index (κ3) is 5.15. The molecule has 1 aliphatic carbocycles. The smallest absolute Gasteiger partial charge is 0.310 e. The van der Waals surface area contributed by atoms with Gasteiger partial charge < -0.3 is 24.4 Å². The standard InChI is InChI=1S/C25H32N2O6/c1-3-32-25(30)18-8-6-12-27(15-18)24(29)17-10-11-21-19(13-17)26-23(28)22(33-21)14-16-7-4-5-9-20(16)31-2/h4-5,7,9,14,17-19,21H,3,6,8,10-13,15H2,1-2H3,(H,26,28)/b22-14-. The zero-order chi connectivity index (χ0) is 23.4. The van der Waals surface area contributed by atoms with E-state index in [2.05, 4.69) is 5.32 Å². The molecule has 33 heavy (non-hydrogen) atoms. The lowest BCUT2D eigenvalue weighted by atomic mass is 9.81. The molecule has 0 aromatic heterocycles. The average Bonchev–Trinajstić information content (AvgIpc) is 2.84. The number of carbonyl (C=O) groups excluding carboxylic acids is 3. The SMILES string of the molecule is CCOC(=O)C1CCCN(C(=O)C2CCC3O/C(=C\c4ccccc4OC)C(=O)NC3C2)C1. The number of carbonyl (C=O) groups is 3. The summed E-state index contributed by atoms with van der Waals surface area (Å²) < 4.78 is 16.6. The highest BCUT2D eigenvalue weighted by atomic mass is 16.5. The van der Waals surface area contributed by atoms with Crippen molar-refractivity contribution in [3.8, 4) is 5.75 Å². The summed E-state index contributed by atoms with van der Waals surface area (Å²) in [5.74, 6) is 0.0539. The number of benzene rings is 1. The number of rotatable bonds is 5. The molecule has 2 saturated heterocycles. The van der Waals surface area contributed by atoms with Gasteiger partial charge in [0.15, 0.2) is 5.76 Å². The van der Waals surface area contributed by atoms with Gasteiger partial charge in [0.05, 0.1) is 25.7 Å². The van der Waals surface area contributed by atoms with Gasteiger partial charge in [-0.25, -0.2) is 0 Å². The highest BCUT2D eigenvalue weighted by Gasteiger charge is 2.42. The number of hydrogen-bond acceptors (Lipinski definition) is 6. The number of ether oxygens (including phenoxy) is 3. The minimum Gasteiger partial charge on any atom is -0.496 e. The maximum atomic E-state index is 13.2. The molecule has 4 atom stereocenters. The number of fused-ring (bicyclic) bond motifs is 1. The molecular formula is C25H32N2O6. The van der Waals surface area contributed by atoms with E-state index < -0.39 is 0 Å². The lowest BCUT2D eigenvalue weighted by Gasteiger charge is -2.41. The van der Waals surface area contributed by atoms with Crippen LogP contribution in [0.3, 0.4) is 0 Å². The second-order valence-corrected chi connectivity index (χ2v) is 8.87. The van der Waals surface area contributed by atoms with Crippen LogP contribution in [0.1, 0.15) is 44.6 Å². The average molecular weight is 457 g/mol. The Morgan fingerprint density at radius 1 is 1.21 bits per heavy atom. The highest BCUT2D eigenvalue weighted by molar-refractivity contribution is 5.97. The fourth-order valence-corrected chi connectivity index (χ4v) is 5.03. The van der Waals surface area contributed by atoms with Crippen LogP contribution in [0.2, 0.25) is 0 Å². The van der Waals surface area contributed by atoms with Crippen molar-refractivity contribution < 1.29 is 28.6 Å². The number of hydrogen-bond donors (Lipinski definition) is 1. The molecule has 3 fully saturated rings. The van der Waals surface area contributed by atoms with Gasteiger partial charge in [-0.05, 0) is 51.2 Å². The Labute approximate surface area is 194 Å². The number of methoxy groups -OCH3 is 1. The Morgan fingerprint density at radius 3 is 2.82 bits per heavy atom. The first kappa shape index (κ1) is 23.1. The van der Waals surface area contributed by atoms with Crippen LogP contribution in [0, 0.1) is 11.8 Å². The fourth-order valence-electron chi connectivity index (χ4n) is 5.03. The summed E-state index contributed by atoms with van der Waals surface area (Å²) in [6, 6.07) is 7.24. The largest absolute Gasteiger partial charge is 0.496 e. The molecular weight excluding hydrogens is 424 g/mol. The summed E-state index contributed by atoms with van der Waals surface area (Å²) in [7, 11) is 1.59. The van der Waals surface area contributed by atoms with Gasteiger partial charge in [-0.1, -0.05) is 18.2 Å². The lowest BCUT2D eigenvalue weighted by molar-refractivity contribution is -0.153. The van der Waals surface area contributed by atoms with Crippen molar-refractivity contribution in [3.05, 3.63) is 35.6 Å². The van der Waals surface area contributed by atoms with Crippen LogP contribution in [-0.2, 0) is 23.9 Å². The van der Waals surface area contributed by atoms with Crippen LogP contribution in [-0.4, -0.2) is 61.6 Å². The molecule has 3 aliphatic rings. The van der Waals surface area contributed by atoms with Gasteiger partial charge in [0.25, 0.3) is 5.91 Å². The summed E-state index contributed by atoms with van der Waals surface area (Å²) in [6.45, 7) is 3.21. The number of morpholine rings is 1. The fraction of sp³-hybridized carbons (Fsp3) is 0.560. The Morgan fingerprint density at radius 2 is 2.03 bits per heavy atom. The quantitative estimate of drug-likeness (QED) is 0.541. The van der Waals surface area contributed by atoms with Gasteiger partial charge in [0.1, 0.15) is 11.9 Å². The number of likely N-dealkylation sites (tertiary alicyclic amines) is 1. The van der Waals surface area contributed by atoms with Crippen molar-refractivity contribution in [1.29, 1.82) is 0 Å². The lowest BCUT2D eigenvalue weighted by Crippen LogP contribution is -2.55. The van der Waals surface area contributed by atoms with E-state index in [1.807, 2.05) is 24.3 Å². The Hall–Kier alpha value is -3.03. The Kier molecular flexibility index (Phi) is 7.20. The normalized spacial score (nSPS) is 28.4. The second kappa shape index (κ2) is 10.3. The predicted molar refractivity (Wildman–Crippen MR) is 121 cm³/mol. The van der Waals surface area contributed by atoms with Gasteiger partial charge in [-0.2, -0.15) is 0 Å². The number of nitrogens with zero attached hydrogens (tertiary/aromatic N) is 1. The Balaban J connectivity index is 1.38. The first-order valence-corrected chi connectivity index (χ1v) is 11.8. The first-order chi connectivity index (χ1) is 16.0. The van der Waals surface area contributed by atoms with Gasteiger partial charge in [0, 0.05) is 24.6 Å². The third-order valence-corrected chi connectivity index (χ3v) is 6.73. The topological polar surface area (TPSA) is 94.2 Å². The van der Waals surface area contributed by atoms with E-state index in [4.69, 9.17) is 14.2 Å². The molecule has 1 N–H and O–H groups in total. The number of para-hydroxylation sites is 1. The molecule has 1 aromatic rings. The molecule has 2 aliphatic heterocycles. The molecule has 2 heterocycles. The van der Waals surface area contributed by atoms with Crippen LogP contribution in [0.5, 0.6) is 5.75 Å². The zero-order valence-electron chi connectivity index (χ0n) is 19.2. The predicted octanol–water partition coefficient (Wildman–Crippen LogP) is 2.52. The van der Waals surface area contributed by atoms with Crippen molar-refractivity contribution in [3.63, 3.8) is 0 Å². The van der Waals surface area contributed by atoms with Crippen LogP contribution in [0.4, 0.5) is 0 Å². The molecule has 8 heteroatoms. The van der Waals surface area contributed by atoms with Gasteiger partial charge in [-0.15, -0.1) is 0 Å². The van der Waals surface area contributed by atoms with Crippen LogP contribution < -0.4 is 10.1 Å². The van der Waals surface area contributed by atoms with Crippen molar-refractivity contribution in [2.24, 2.45) is 11.8 Å². The van der Waals surface area contributed by atoms with Gasteiger partial charge >= 0.3 is 5.97 Å². The summed E-state index contributed by atoms with van der Waals surface area (Å²) in [5.41, 5.74) is 0.772. The highest BCUT2D eigenvalue weighted by Crippen LogP contribution is 2.34. The molecule has 178 valence electrons. The van der Waals surface area contributed by atoms with E-state index in [9.17, 15) is 14.4 Å². The minimum atomic E-state index is -0.282. The molecule has 4 rings (SSSR count). The summed E-state index contributed by atoms with van der Waals surface area (Å²) in [6.07, 6.45) is 5.00. The molecule has 0 spiro atoms. The molecule has 1 aromatic carbocycles. The molecule has 4 unspecified atom stereocenters. The minimum absolute atomic E-state index is 0.0621. The second-order valence-electron chi connectivity index (χ2n) is 8.87. The van der Waals surface area contributed by atoms with Crippen molar-refractivity contribution in [2.45, 2.75) is 51.2 Å². The summed E-state index contributed by atoms with van der Waals surface area (Å²) >= 11 is 0. The number of piperidine rings is 1. The van der Waals surface area contributed by atoms with E-state index in [0.717, 1.165) is 18.4 Å². The van der Waals surface area contributed by atoms with E-state index in [1.165, 1.54) is 0 Å². The zero-order valence-corrected chi connectivity index (χ0v) is 19.2. The first-order valence-electron chi connectivity index (χ1n) is 11.8. The third-order valence-electron chi connectivity index (χ3n) is 6.73. The summed E-state index contributed by atoms with van der Waals surface area (Å²) in [4.78, 5) is 39.9. The molecule has 0 radical (unpaired) electrons. The van der Waals surface area contributed by atoms with Gasteiger partial charge in [0.2, 0.25) is 5.91 Å². The van der Waals surface area contributed by atoms with Crippen LogP contribution in [0.15, 0.2) is 30.0 Å². The number of amides is 2. The molecule has 0 bridgehead atoms. The molecule has 1 saturated carbocycles. The van der Waals surface area contributed by atoms with Crippen molar-refractivity contribution in [1.82, 2.24) is 10.2 Å². The van der Waals surface area contributed by atoms with Gasteiger partial charge in [-0.3, -0.25) is 14.4 Å². The number of nitrogens with one attached hydrogen (secondary N) is 1. The maximum Gasteiger partial charge on any atom is 0.310 e. The number of esters is 1. The van der Waals surface area contributed by atoms with Crippen molar-refractivity contribution >= 4 is 23.9 Å². The van der Waals surface area contributed by atoms with Crippen LogP contribution >= 0.6 is 0 Å².